The van der Waals surface area contributed by atoms with Crippen LogP contribution in [0.1, 0.15) is 25.1 Å². The zero-order valence-electron chi connectivity index (χ0n) is 9.73. The minimum Gasteiger partial charge on any atom is -0.370 e. The van der Waals surface area contributed by atoms with Gasteiger partial charge in [-0.05, 0) is 19.3 Å². The van der Waals surface area contributed by atoms with E-state index >= 15 is 0 Å². The molecule has 6 nitrogen and oxygen atoms in total. The molecule has 0 radical (unpaired) electrons. The third-order valence-electron chi connectivity index (χ3n) is 3.13. The highest BCUT2D eigenvalue weighted by Gasteiger charge is 2.20. The Morgan fingerprint density at radius 2 is 2.41 bits per heavy atom. The molecule has 2 aromatic rings. The van der Waals surface area contributed by atoms with Gasteiger partial charge in [-0.25, -0.2) is 19.3 Å². The molecule has 0 aromatic carbocycles. The number of hydrogen-bond donors (Lipinski definition) is 2. The molecule has 2 N–H and O–H groups in total. The molecule has 0 atom stereocenters. The summed E-state index contributed by atoms with van der Waals surface area (Å²) in [5.74, 6) is 2.34. The quantitative estimate of drug-likeness (QED) is 0.824. The zero-order chi connectivity index (χ0) is 11.8. The van der Waals surface area contributed by atoms with Crippen molar-refractivity contribution in [1.82, 2.24) is 19.6 Å². The van der Waals surface area contributed by atoms with Gasteiger partial charge in [-0.3, -0.25) is 0 Å². The summed E-state index contributed by atoms with van der Waals surface area (Å²) in [6, 6.07) is 1.79. The summed E-state index contributed by atoms with van der Waals surface area (Å²) in [5, 5.41) is 9.64. The van der Waals surface area contributed by atoms with Gasteiger partial charge in [0, 0.05) is 12.6 Å². The average Bonchev–Trinajstić information content (AvgIpc) is 3.03. The molecule has 1 fully saturated rings. The third-order valence-corrected chi connectivity index (χ3v) is 3.13. The third kappa shape index (κ3) is 2.02. The van der Waals surface area contributed by atoms with Gasteiger partial charge >= 0.3 is 5.69 Å². The number of nitrogens with one attached hydrogen (secondary N) is 2. The number of nitrogens with zero attached hydrogens (tertiary/aromatic N) is 3. The van der Waals surface area contributed by atoms with Gasteiger partial charge in [0.2, 0.25) is 0 Å². The van der Waals surface area contributed by atoms with E-state index < -0.39 is 0 Å². The number of aromatic amines is 1. The highest BCUT2D eigenvalue weighted by atomic mass is 16.1. The predicted molar refractivity (Wildman–Crippen MR) is 64.2 cm³/mol. The van der Waals surface area contributed by atoms with Crippen molar-refractivity contribution in [2.45, 2.75) is 26.2 Å². The smallest absolute Gasteiger partial charge is 0.349 e. The number of aromatic nitrogens is 4. The first kappa shape index (κ1) is 10.3. The van der Waals surface area contributed by atoms with Crippen LogP contribution in [0.25, 0.3) is 5.65 Å². The second kappa shape index (κ2) is 3.87. The predicted octanol–water partition coefficient (Wildman–Crippen LogP) is 0.938. The van der Waals surface area contributed by atoms with E-state index in [1.54, 1.807) is 13.0 Å². The molecule has 0 aliphatic heterocycles. The van der Waals surface area contributed by atoms with Crippen LogP contribution < -0.4 is 11.0 Å². The minimum atomic E-state index is -0.241. The molecular formula is C11H15N5O. The lowest BCUT2D eigenvalue weighted by molar-refractivity contribution is 0.757. The summed E-state index contributed by atoms with van der Waals surface area (Å²) < 4.78 is 1.46. The Hall–Kier alpha value is -1.85. The lowest BCUT2D eigenvalue weighted by Gasteiger charge is -2.06. The van der Waals surface area contributed by atoms with Crippen LogP contribution in [0.3, 0.4) is 0 Å². The van der Waals surface area contributed by atoms with Crippen LogP contribution in [0.2, 0.25) is 0 Å². The Bertz CT molecular complexity index is 595. The van der Waals surface area contributed by atoms with Crippen LogP contribution in [-0.2, 0) is 0 Å². The van der Waals surface area contributed by atoms with Crippen LogP contribution in [0.4, 0.5) is 5.82 Å². The van der Waals surface area contributed by atoms with Crippen LogP contribution >= 0.6 is 0 Å². The van der Waals surface area contributed by atoms with Gasteiger partial charge < -0.3 is 5.32 Å². The average molecular weight is 233 g/mol. The van der Waals surface area contributed by atoms with Crippen molar-refractivity contribution in [3.05, 3.63) is 22.4 Å². The van der Waals surface area contributed by atoms with Crippen LogP contribution in [0, 0.1) is 12.8 Å². The van der Waals surface area contributed by atoms with E-state index in [1.165, 1.54) is 23.7 Å². The molecule has 0 bridgehead atoms. The van der Waals surface area contributed by atoms with E-state index in [9.17, 15) is 4.79 Å². The largest absolute Gasteiger partial charge is 0.370 e. The van der Waals surface area contributed by atoms with Gasteiger partial charge in [-0.15, -0.1) is 0 Å². The maximum absolute atomic E-state index is 11.4. The number of fused-ring (bicyclic) bond motifs is 1. The Kier molecular flexibility index (Phi) is 2.35. The maximum Gasteiger partial charge on any atom is 0.349 e. The van der Waals surface area contributed by atoms with Crippen molar-refractivity contribution in [2.24, 2.45) is 5.92 Å². The van der Waals surface area contributed by atoms with Crippen molar-refractivity contribution in [2.75, 3.05) is 11.9 Å². The standard InChI is InChI=1S/C11H15N5O/c1-7-13-9(12-5-4-8-2-3-8)6-10-14-15-11(17)16(7)10/h6,8,12H,2-5H2,1H3,(H,15,17). The normalized spacial score (nSPS) is 15.4. The first-order valence-corrected chi connectivity index (χ1v) is 5.93. The van der Waals surface area contributed by atoms with Gasteiger partial charge in [0.15, 0.2) is 5.65 Å². The second-order valence-corrected chi connectivity index (χ2v) is 4.57. The molecule has 17 heavy (non-hydrogen) atoms. The molecule has 2 heterocycles. The number of hydrogen-bond acceptors (Lipinski definition) is 4. The molecule has 0 amide bonds. The molecule has 1 aliphatic rings. The molecular weight excluding hydrogens is 218 g/mol. The minimum absolute atomic E-state index is 0.241. The number of rotatable bonds is 4. The van der Waals surface area contributed by atoms with Crippen molar-refractivity contribution < 1.29 is 0 Å². The lowest BCUT2D eigenvalue weighted by atomic mass is 10.3. The molecule has 0 spiro atoms. The summed E-state index contributed by atoms with van der Waals surface area (Å²) in [4.78, 5) is 15.8. The summed E-state index contributed by atoms with van der Waals surface area (Å²) >= 11 is 0. The lowest BCUT2D eigenvalue weighted by Crippen LogP contribution is -2.14. The van der Waals surface area contributed by atoms with Gasteiger partial charge in [-0.1, -0.05) is 12.8 Å². The van der Waals surface area contributed by atoms with Gasteiger partial charge in [0.25, 0.3) is 0 Å². The van der Waals surface area contributed by atoms with Gasteiger partial charge in [0.1, 0.15) is 11.6 Å². The van der Waals surface area contributed by atoms with E-state index in [-0.39, 0.29) is 5.69 Å². The Morgan fingerprint density at radius 1 is 1.59 bits per heavy atom. The van der Waals surface area contributed by atoms with Crippen molar-refractivity contribution in [3.63, 3.8) is 0 Å². The molecule has 1 aliphatic carbocycles. The summed E-state index contributed by atoms with van der Waals surface area (Å²) in [7, 11) is 0. The van der Waals surface area contributed by atoms with E-state index in [0.29, 0.717) is 11.5 Å². The van der Waals surface area contributed by atoms with E-state index in [1.807, 2.05) is 0 Å². The van der Waals surface area contributed by atoms with Gasteiger partial charge in [-0.2, -0.15) is 5.10 Å². The highest BCUT2D eigenvalue weighted by molar-refractivity contribution is 5.49. The fraction of sp³-hybridized carbons (Fsp3) is 0.545. The summed E-state index contributed by atoms with van der Waals surface area (Å²) in [6.07, 6.45) is 3.92. The Morgan fingerprint density at radius 3 is 3.18 bits per heavy atom. The maximum atomic E-state index is 11.4. The number of H-pyrrole nitrogens is 1. The zero-order valence-corrected chi connectivity index (χ0v) is 9.73. The fourth-order valence-electron chi connectivity index (χ4n) is 2.00. The van der Waals surface area contributed by atoms with E-state index in [0.717, 1.165) is 18.3 Å². The molecule has 90 valence electrons. The highest BCUT2D eigenvalue weighted by Crippen LogP contribution is 2.32. The molecule has 3 rings (SSSR count). The molecule has 1 saturated carbocycles. The Labute approximate surface area is 98.1 Å². The van der Waals surface area contributed by atoms with Crippen LogP contribution in [-0.4, -0.2) is 26.1 Å². The first-order chi connectivity index (χ1) is 8.24. The Balaban J connectivity index is 1.81. The van der Waals surface area contributed by atoms with Gasteiger partial charge in [0.05, 0.1) is 0 Å². The summed E-state index contributed by atoms with van der Waals surface area (Å²) in [5.41, 5.74) is 0.367. The molecule has 6 heteroatoms. The topological polar surface area (TPSA) is 75.1 Å². The second-order valence-electron chi connectivity index (χ2n) is 4.57. The van der Waals surface area contributed by atoms with Crippen molar-refractivity contribution in [3.8, 4) is 0 Å². The number of anilines is 1. The van der Waals surface area contributed by atoms with Crippen LogP contribution in [0.15, 0.2) is 10.9 Å². The van der Waals surface area contributed by atoms with E-state index in [4.69, 9.17) is 0 Å². The molecule has 0 saturated heterocycles. The SMILES string of the molecule is Cc1nc(NCCC2CC2)cc2n[nH]c(=O)n12. The monoisotopic (exact) mass is 233 g/mol. The first-order valence-electron chi connectivity index (χ1n) is 5.93. The summed E-state index contributed by atoms with van der Waals surface area (Å²) in [6.45, 7) is 2.73. The number of aryl methyl sites for hydroxylation is 1. The van der Waals surface area contributed by atoms with Crippen molar-refractivity contribution >= 4 is 11.5 Å². The molecule has 0 unspecified atom stereocenters. The van der Waals surface area contributed by atoms with Crippen molar-refractivity contribution in [1.29, 1.82) is 0 Å². The molecule has 2 aromatic heterocycles. The van der Waals surface area contributed by atoms with E-state index in [2.05, 4.69) is 20.5 Å². The fourth-order valence-corrected chi connectivity index (χ4v) is 2.00. The van der Waals surface area contributed by atoms with Crippen LogP contribution in [0.5, 0.6) is 0 Å².